The molecular weight excluding hydrogens is 1480 g/mol. The average Bonchev–Trinajstić information content (AvgIpc) is 1.66. The van der Waals surface area contributed by atoms with Gasteiger partial charge in [0.1, 0.15) is 17.5 Å². The highest BCUT2D eigenvalue weighted by molar-refractivity contribution is 6.31. The van der Waals surface area contributed by atoms with Crippen molar-refractivity contribution in [1.29, 1.82) is 0 Å². The van der Waals surface area contributed by atoms with E-state index < -0.39 is 0 Å². The predicted molar refractivity (Wildman–Crippen MR) is 449 cm³/mol. The SMILES string of the molecule is COCCN(C)c1cc(-c2ccc(Cl)cc2)c2cnccn12.Cc1ccc(-c2cc(N3CCOCC3)n3ccncc23)cc1.Clc1ccc(-c2cc(N3CCOCC3)n3ccncc23)cc1.OC1CCN(Cc2cn(-c3ccc(Cl)cc3)c3cnccc23)CC1.OCCNCc1cn(-c2ccc(Cl)cc2)c2cnccc12. The number of fused-ring (bicyclic) bond motifs is 5. The van der Waals surface area contributed by atoms with Gasteiger partial charge in [-0.1, -0.05) is 100 Å². The molecule has 0 amide bonds. The lowest BCUT2D eigenvalue weighted by molar-refractivity contribution is 0.0794. The zero-order valence-electron chi connectivity index (χ0n) is 62.3. The number of ether oxygens (including phenoxy) is 3. The molecule has 0 radical (unpaired) electrons. The van der Waals surface area contributed by atoms with Crippen LogP contribution < -0.4 is 20.0 Å². The molecule has 3 aliphatic heterocycles. The number of hydrogen-bond acceptors (Lipinski definition) is 15. The molecule has 18 rings (SSSR count). The molecule has 0 aliphatic carbocycles. The fraction of sp³-hybridized carbons (Fsp3) is 0.253. The molecule has 10 aromatic heterocycles. The zero-order chi connectivity index (χ0) is 76.6. The van der Waals surface area contributed by atoms with Gasteiger partial charge in [0, 0.05) is 201 Å². The molecule has 0 spiro atoms. The third-order valence-corrected chi connectivity index (χ3v) is 21.2. The summed E-state index contributed by atoms with van der Waals surface area (Å²) in [5.74, 6) is 3.52. The van der Waals surface area contributed by atoms with Gasteiger partial charge in [-0.3, -0.25) is 43.0 Å². The molecule has 20 nitrogen and oxygen atoms in total. The maximum atomic E-state index is 9.69. The van der Waals surface area contributed by atoms with E-state index in [-0.39, 0.29) is 12.7 Å². The third kappa shape index (κ3) is 18.7. The first-order chi connectivity index (χ1) is 54.4. The maximum Gasteiger partial charge on any atom is 0.114 e. The number of hydrogen-bond donors (Lipinski definition) is 3. The maximum absolute atomic E-state index is 9.69. The lowest BCUT2D eigenvalue weighted by Gasteiger charge is -2.29. The van der Waals surface area contributed by atoms with Crippen molar-refractivity contribution in [3.63, 3.8) is 0 Å². The van der Waals surface area contributed by atoms with Crippen LogP contribution in [0.3, 0.4) is 0 Å². The van der Waals surface area contributed by atoms with E-state index in [1.807, 2.05) is 171 Å². The monoisotopic (exact) mass is 1560 g/mol. The van der Waals surface area contributed by atoms with Gasteiger partial charge >= 0.3 is 0 Å². The second kappa shape index (κ2) is 37.2. The van der Waals surface area contributed by atoms with E-state index in [1.165, 1.54) is 50.4 Å². The lowest BCUT2D eigenvalue weighted by Crippen LogP contribution is -2.36. The fourth-order valence-electron chi connectivity index (χ4n) is 14.3. The summed E-state index contributed by atoms with van der Waals surface area (Å²) in [6.07, 6.45) is 30.5. The van der Waals surface area contributed by atoms with Crippen LogP contribution in [-0.2, 0) is 27.3 Å². The predicted octanol–water partition coefficient (Wildman–Crippen LogP) is 16.8. The number of morpholine rings is 2. The Balaban J connectivity index is 0.000000116. The summed E-state index contributed by atoms with van der Waals surface area (Å²) >= 11 is 24.0. The molecule has 0 saturated carbocycles. The average molecular weight is 1570 g/mol. The highest BCUT2D eigenvalue weighted by Crippen LogP contribution is 2.37. The van der Waals surface area contributed by atoms with Gasteiger partial charge in [-0.2, -0.15) is 0 Å². The molecule has 0 atom stereocenters. The lowest BCUT2D eigenvalue weighted by atomic mass is 10.1. The Hall–Kier alpha value is -10.2. The molecule has 3 fully saturated rings. The molecule has 24 heteroatoms. The third-order valence-electron chi connectivity index (χ3n) is 20.2. The number of aryl methyl sites for hydroxylation is 1. The Morgan fingerprint density at radius 2 is 0.901 bits per heavy atom. The summed E-state index contributed by atoms with van der Waals surface area (Å²) in [5.41, 5.74) is 18.4. The number of methoxy groups -OCH3 is 1. The molecule has 570 valence electrons. The number of likely N-dealkylation sites (tertiary alicyclic amines) is 1. The van der Waals surface area contributed by atoms with Crippen molar-refractivity contribution in [1.82, 2.24) is 57.5 Å². The summed E-state index contributed by atoms with van der Waals surface area (Å²) in [7, 11) is 3.78. The first-order valence-electron chi connectivity index (χ1n) is 37.3. The number of piperidine rings is 1. The molecule has 5 aromatic carbocycles. The van der Waals surface area contributed by atoms with E-state index in [4.69, 9.17) is 65.7 Å². The largest absolute Gasteiger partial charge is 0.395 e. The Labute approximate surface area is 665 Å². The number of rotatable bonds is 17. The van der Waals surface area contributed by atoms with Crippen LogP contribution in [0, 0.1) is 6.92 Å². The summed E-state index contributed by atoms with van der Waals surface area (Å²) < 4.78 is 27.0. The van der Waals surface area contributed by atoms with Crippen molar-refractivity contribution in [2.24, 2.45) is 0 Å². The number of aliphatic hydroxyl groups excluding tert-OH is 2. The van der Waals surface area contributed by atoms with Gasteiger partial charge in [0.25, 0.3) is 0 Å². The number of pyridine rings is 2. The smallest absolute Gasteiger partial charge is 0.114 e. The van der Waals surface area contributed by atoms with Crippen LogP contribution in [0.5, 0.6) is 0 Å². The van der Waals surface area contributed by atoms with Gasteiger partial charge < -0.3 is 53.6 Å². The van der Waals surface area contributed by atoms with Crippen molar-refractivity contribution in [2.45, 2.75) is 39.0 Å². The van der Waals surface area contributed by atoms with Crippen molar-refractivity contribution in [3.8, 4) is 44.8 Å². The Morgan fingerprint density at radius 1 is 0.495 bits per heavy atom. The minimum Gasteiger partial charge on any atom is -0.395 e. The standard InChI is InChI=1S/C19H20ClN3O.C18H19N3O.C17H16ClN3O.C17H18ClN3O.C16H16ClN3O/c20-15-1-3-16(4-2-15)23-13-14(18-5-8-21-11-19(18)23)12-22-9-6-17(24)7-10-22;1-14-2-4-15(5-3-14)16-12-18(20-8-10-22-11-9-20)21-7-6-19-13-17(16)21;18-14-3-1-13(2-4-14)15-11-17(20-7-9-22-10-8-20)21-6-5-19-12-16(15)21;1-20(9-10-22-2)17-11-15(13-3-5-14(18)6-4-13)16-12-19-7-8-21(16)17;17-13-1-3-14(4-2-13)20-11-12(9-19-7-8-21)15-5-6-18-10-16(15)20/h1-5,8,11,13,17,24H,6-7,9-10,12H2;2-7,12-13H,8-11H2,1H3;1-6,11-12H,7-10H2;3-8,11-12H,9-10H2,1-2H3;1-6,10-11,19,21H,7-9H2. The number of anilines is 3. The minimum atomic E-state index is -0.138. The van der Waals surface area contributed by atoms with Crippen LogP contribution in [0.4, 0.5) is 17.5 Å². The van der Waals surface area contributed by atoms with Crippen LogP contribution in [-0.4, -0.2) is 175 Å². The van der Waals surface area contributed by atoms with Crippen molar-refractivity contribution >= 4 is 102 Å². The molecular formula is C87H89Cl4N15O5. The highest BCUT2D eigenvalue weighted by atomic mass is 35.5. The number of benzene rings is 5. The van der Waals surface area contributed by atoms with Gasteiger partial charge in [-0.15, -0.1) is 0 Å². The van der Waals surface area contributed by atoms with Crippen LogP contribution in [0.25, 0.3) is 83.1 Å². The van der Waals surface area contributed by atoms with Crippen LogP contribution in [0.15, 0.2) is 245 Å². The molecule has 3 saturated heterocycles. The zero-order valence-corrected chi connectivity index (χ0v) is 65.3. The molecule has 0 bridgehead atoms. The summed E-state index contributed by atoms with van der Waals surface area (Å²) in [6.45, 7) is 14.6. The summed E-state index contributed by atoms with van der Waals surface area (Å²) in [5, 5.41) is 27.1. The molecule has 3 N–H and O–H groups in total. The van der Waals surface area contributed by atoms with Crippen molar-refractivity contribution in [2.75, 3.05) is 121 Å². The number of halogens is 4. The van der Waals surface area contributed by atoms with Crippen LogP contribution >= 0.6 is 46.4 Å². The second-order valence-corrected chi connectivity index (χ2v) is 29.2. The van der Waals surface area contributed by atoms with E-state index in [0.29, 0.717) is 19.7 Å². The minimum absolute atomic E-state index is 0.136. The van der Waals surface area contributed by atoms with Gasteiger partial charge in [-0.25, -0.2) is 0 Å². The van der Waals surface area contributed by atoms with E-state index in [0.717, 1.165) is 179 Å². The summed E-state index contributed by atoms with van der Waals surface area (Å²) in [6, 6.07) is 50.9. The molecule has 111 heavy (non-hydrogen) atoms. The van der Waals surface area contributed by atoms with Crippen LogP contribution in [0.1, 0.15) is 29.5 Å². The topological polar surface area (TPSA) is 181 Å². The Morgan fingerprint density at radius 3 is 1.37 bits per heavy atom. The highest BCUT2D eigenvalue weighted by Gasteiger charge is 2.23. The molecule has 0 unspecified atom stereocenters. The van der Waals surface area contributed by atoms with Crippen LogP contribution in [0.2, 0.25) is 20.1 Å². The number of likely N-dealkylation sites (N-methyl/N-ethyl adjacent to an activating group) is 1. The van der Waals surface area contributed by atoms with Crippen molar-refractivity contribution in [3.05, 3.63) is 281 Å². The Bertz CT molecular complexity index is 5360. The molecule has 15 aromatic rings. The first-order valence-corrected chi connectivity index (χ1v) is 38.8. The summed E-state index contributed by atoms with van der Waals surface area (Å²) in [4.78, 5) is 30.7. The van der Waals surface area contributed by atoms with Gasteiger partial charge in [0.2, 0.25) is 0 Å². The second-order valence-electron chi connectivity index (χ2n) is 27.4. The molecule has 3 aliphatic rings. The normalized spacial score (nSPS) is 14.0. The first kappa shape index (κ1) is 77.6. The van der Waals surface area contributed by atoms with E-state index in [9.17, 15) is 5.11 Å². The number of aromatic nitrogens is 10. The quantitative estimate of drug-likeness (QED) is 0.0732. The van der Waals surface area contributed by atoms with Crippen molar-refractivity contribution < 1.29 is 24.4 Å². The fourth-order valence-corrected chi connectivity index (χ4v) is 14.8. The Kier molecular flexibility index (Phi) is 26.0. The van der Waals surface area contributed by atoms with E-state index in [2.05, 4.69) is 147 Å². The molecule has 13 heterocycles. The number of aliphatic hydroxyl groups is 2. The van der Waals surface area contributed by atoms with E-state index in [1.54, 1.807) is 19.5 Å². The van der Waals surface area contributed by atoms with Gasteiger partial charge in [0.15, 0.2) is 0 Å². The number of nitrogens with zero attached hydrogens (tertiary/aromatic N) is 14. The van der Waals surface area contributed by atoms with Gasteiger partial charge in [0.05, 0.1) is 104 Å². The van der Waals surface area contributed by atoms with E-state index >= 15 is 0 Å². The van der Waals surface area contributed by atoms with Gasteiger partial charge in [-0.05, 0) is 151 Å². The number of nitrogens with one attached hydrogen (secondary N) is 1.